The summed E-state index contributed by atoms with van der Waals surface area (Å²) in [7, 11) is 0. The number of halogens is 1. The van der Waals surface area contributed by atoms with Gasteiger partial charge in [0.1, 0.15) is 0 Å². The van der Waals surface area contributed by atoms with Gasteiger partial charge in [0.2, 0.25) is 0 Å². The van der Waals surface area contributed by atoms with Crippen molar-refractivity contribution in [1.82, 2.24) is 0 Å². The lowest BCUT2D eigenvalue weighted by molar-refractivity contribution is 0.0996. The molecule has 0 fully saturated rings. The second-order valence-electron chi connectivity index (χ2n) is 5.20. The lowest BCUT2D eigenvalue weighted by Gasteiger charge is -2.10. The number of carbonyl (C=O) groups excluding carboxylic acids is 2. The van der Waals surface area contributed by atoms with Crippen LogP contribution in [0, 0.1) is 0 Å². The van der Waals surface area contributed by atoms with Crippen molar-refractivity contribution < 1.29 is 9.59 Å². The lowest BCUT2D eigenvalue weighted by atomic mass is 9.98. The quantitative estimate of drug-likeness (QED) is 0.694. The third kappa shape index (κ3) is 3.53. The first kappa shape index (κ1) is 16.0. The van der Waals surface area contributed by atoms with Crippen LogP contribution in [0.5, 0.6) is 0 Å². The van der Waals surface area contributed by atoms with Gasteiger partial charge in [-0.1, -0.05) is 48.0 Å². The molecule has 0 saturated carbocycles. The molecule has 0 bridgehead atoms. The third-order valence-corrected chi connectivity index (χ3v) is 3.81. The van der Waals surface area contributed by atoms with E-state index in [-0.39, 0.29) is 11.7 Å². The molecule has 4 heteroatoms. The van der Waals surface area contributed by atoms with Crippen LogP contribution in [0.25, 0.3) is 0 Å². The monoisotopic (exact) mass is 335 g/mol. The van der Waals surface area contributed by atoms with E-state index in [1.807, 2.05) is 18.2 Å². The van der Waals surface area contributed by atoms with Crippen LogP contribution in [0.3, 0.4) is 0 Å². The molecule has 0 spiro atoms. The van der Waals surface area contributed by atoms with Crippen molar-refractivity contribution in [2.45, 2.75) is 0 Å². The Hall–Kier alpha value is -2.91. The minimum Gasteiger partial charge on any atom is -0.322 e. The summed E-state index contributed by atoms with van der Waals surface area (Å²) < 4.78 is 0. The molecule has 0 aliphatic heterocycles. The highest BCUT2D eigenvalue weighted by atomic mass is 35.5. The molecule has 3 rings (SSSR count). The maximum atomic E-state index is 12.7. The summed E-state index contributed by atoms with van der Waals surface area (Å²) in [6.45, 7) is 0. The lowest BCUT2D eigenvalue weighted by Crippen LogP contribution is -2.16. The second kappa shape index (κ2) is 7.11. The summed E-state index contributed by atoms with van der Waals surface area (Å²) in [4.78, 5) is 25.3. The summed E-state index contributed by atoms with van der Waals surface area (Å²) in [5.74, 6) is -0.537. The Bertz CT molecular complexity index is 874. The molecule has 0 saturated heterocycles. The smallest absolute Gasteiger partial charge is 0.256 e. The number of hydrogen-bond acceptors (Lipinski definition) is 2. The molecule has 0 radical (unpaired) electrons. The molecule has 0 aliphatic carbocycles. The van der Waals surface area contributed by atoms with E-state index < -0.39 is 0 Å². The van der Waals surface area contributed by atoms with Gasteiger partial charge in [0, 0.05) is 21.8 Å². The van der Waals surface area contributed by atoms with Crippen LogP contribution >= 0.6 is 11.6 Å². The highest BCUT2D eigenvalue weighted by Crippen LogP contribution is 2.18. The molecule has 0 atom stereocenters. The number of rotatable bonds is 4. The Labute approximate surface area is 144 Å². The highest BCUT2D eigenvalue weighted by Gasteiger charge is 2.18. The Morgan fingerprint density at radius 1 is 0.708 bits per heavy atom. The summed E-state index contributed by atoms with van der Waals surface area (Å²) in [5.41, 5.74) is 1.85. The molecule has 1 amide bonds. The molecular formula is C20H14ClNO2. The molecule has 0 aliphatic rings. The zero-order chi connectivity index (χ0) is 16.9. The Morgan fingerprint density at radius 3 is 1.96 bits per heavy atom. The Balaban J connectivity index is 1.91. The van der Waals surface area contributed by atoms with E-state index in [1.54, 1.807) is 60.7 Å². The maximum Gasteiger partial charge on any atom is 0.256 e. The van der Waals surface area contributed by atoms with Crippen molar-refractivity contribution in [1.29, 1.82) is 0 Å². The van der Waals surface area contributed by atoms with Gasteiger partial charge in [-0.15, -0.1) is 0 Å². The third-order valence-electron chi connectivity index (χ3n) is 3.55. The van der Waals surface area contributed by atoms with E-state index in [1.165, 1.54) is 0 Å². The van der Waals surface area contributed by atoms with Gasteiger partial charge < -0.3 is 5.32 Å². The molecule has 3 aromatic rings. The fourth-order valence-electron chi connectivity index (χ4n) is 2.36. The fraction of sp³-hybridized carbons (Fsp3) is 0. The SMILES string of the molecule is O=C(Nc1ccccc1)c1ccccc1C(=O)c1ccc(Cl)cc1. The molecule has 0 aromatic heterocycles. The number of nitrogens with one attached hydrogen (secondary N) is 1. The van der Waals surface area contributed by atoms with Crippen LogP contribution in [-0.2, 0) is 0 Å². The van der Waals surface area contributed by atoms with E-state index in [0.29, 0.717) is 27.4 Å². The number of para-hydroxylation sites is 1. The van der Waals surface area contributed by atoms with E-state index in [0.717, 1.165) is 0 Å². The minimum atomic E-state index is -0.320. The van der Waals surface area contributed by atoms with Crippen LogP contribution in [0.2, 0.25) is 5.02 Å². The number of anilines is 1. The fourth-order valence-corrected chi connectivity index (χ4v) is 2.48. The highest BCUT2D eigenvalue weighted by molar-refractivity contribution is 6.30. The van der Waals surface area contributed by atoms with Gasteiger partial charge in [0.05, 0.1) is 5.56 Å². The number of hydrogen-bond donors (Lipinski definition) is 1. The van der Waals surface area contributed by atoms with E-state index in [9.17, 15) is 9.59 Å². The average Bonchev–Trinajstić information content (AvgIpc) is 2.62. The number of benzene rings is 3. The van der Waals surface area contributed by atoms with Crippen LogP contribution in [0.15, 0.2) is 78.9 Å². The Morgan fingerprint density at radius 2 is 1.29 bits per heavy atom. The van der Waals surface area contributed by atoms with Crippen LogP contribution < -0.4 is 5.32 Å². The van der Waals surface area contributed by atoms with E-state index in [4.69, 9.17) is 11.6 Å². The first-order valence-electron chi connectivity index (χ1n) is 7.41. The molecule has 1 N–H and O–H groups in total. The van der Waals surface area contributed by atoms with Gasteiger partial charge in [0.25, 0.3) is 5.91 Å². The van der Waals surface area contributed by atoms with Crippen molar-refractivity contribution in [3.63, 3.8) is 0 Å². The van der Waals surface area contributed by atoms with E-state index in [2.05, 4.69) is 5.32 Å². The predicted octanol–water partition coefficient (Wildman–Crippen LogP) is 4.82. The van der Waals surface area contributed by atoms with Crippen molar-refractivity contribution in [3.05, 3.63) is 101 Å². The zero-order valence-electron chi connectivity index (χ0n) is 12.7. The van der Waals surface area contributed by atoms with Gasteiger partial charge in [-0.2, -0.15) is 0 Å². The molecule has 3 aromatic carbocycles. The summed E-state index contributed by atoms with van der Waals surface area (Å²) in [6, 6.07) is 22.5. The molecule has 0 unspecified atom stereocenters. The minimum absolute atomic E-state index is 0.217. The maximum absolute atomic E-state index is 12.7. The number of amides is 1. The summed E-state index contributed by atoms with van der Waals surface area (Å²) in [5, 5.41) is 3.36. The first-order chi connectivity index (χ1) is 11.6. The molecular weight excluding hydrogens is 322 g/mol. The van der Waals surface area contributed by atoms with Crippen molar-refractivity contribution in [2.24, 2.45) is 0 Å². The average molecular weight is 336 g/mol. The van der Waals surface area contributed by atoms with Crippen molar-refractivity contribution in [3.8, 4) is 0 Å². The van der Waals surface area contributed by atoms with Crippen molar-refractivity contribution in [2.75, 3.05) is 5.32 Å². The predicted molar refractivity (Wildman–Crippen MR) is 95.7 cm³/mol. The molecule has 3 nitrogen and oxygen atoms in total. The van der Waals surface area contributed by atoms with E-state index >= 15 is 0 Å². The van der Waals surface area contributed by atoms with Gasteiger partial charge in [0.15, 0.2) is 5.78 Å². The van der Waals surface area contributed by atoms with Gasteiger partial charge in [-0.3, -0.25) is 9.59 Å². The largest absolute Gasteiger partial charge is 0.322 e. The molecule has 24 heavy (non-hydrogen) atoms. The van der Waals surface area contributed by atoms with Crippen LogP contribution in [-0.4, -0.2) is 11.7 Å². The summed E-state index contributed by atoms with van der Waals surface area (Å²) >= 11 is 5.86. The van der Waals surface area contributed by atoms with Gasteiger partial charge in [-0.05, 0) is 42.5 Å². The van der Waals surface area contributed by atoms with Crippen LogP contribution in [0.4, 0.5) is 5.69 Å². The second-order valence-corrected chi connectivity index (χ2v) is 5.64. The topological polar surface area (TPSA) is 46.2 Å². The number of carbonyl (C=O) groups is 2. The Kier molecular flexibility index (Phi) is 4.73. The normalized spacial score (nSPS) is 10.2. The van der Waals surface area contributed by atoms with Gasteiger partial charge >= 0.3 is 0 Å². The zero-order valence-corrected chi connectivity index (χ0v) is 13.5. The number of ketones is 1. The van der Waals surface area contributed by atoms with Crippen molar-refractivity contribution >= 4 is 29.0 Å². The van der Waals surface area contributed by atoms with Gasteiger partial charge in [-0.25, -0.2) is 0 Å². The molecule has 0 heterocycles. The van der Waals surface area contributed by atoms with Crippen LogP contribution in [0.1, 0.15) is 26.3 Å². The molecule has 118 valence electrons. The first-order valence-corrected chi connectivity index (χ1v) is 7.78. The summed E-state index contributed by atoms with van der Waals surface area (Å²) in [6.07, 6.45) is 0. The standard InChI is InChI=1S/C20H14ClNO2/c21-15-12-10-14(11-13-15)19(23)17-8-4-5-9-18(17)20(24)22-16-6-2-1-3-7-16/h1-13H,(H,22,24).